The lowest BCUT2D eigenvalue weighted by Gasteiger charge is -2.32. The maximum atomic E-state index is 10.9. The second-order valence-corrected chi connectivity index (χ2v) is 4.21. The Kier molecular flexibility index (Phi) is 3.73. The van der Waals surface area contributed by atoms with Crippen LogP contribution in [0.25, 0.3) is 0 Å². The number of aromatic nitrogens is 1. The van der Waals surface area contributed by atoms with Crippen LogP contribution in [0.2, 0.25) is 0 Å². The van der Waals surface area contributed by atoms with Crippen molar-refractivity contribution in [3.63, 3.8) is 0 Å². The number of ether oxygens (including phenoxy) is 1. The minimum absolute atomic E-state index is 0.0621. The van der Waals surface area contributed by atoms with Crippen molar-refractivity contribution in [3.8, 4) is 0 Å². The minimum atomic E-state index is -0.412. The lowest BCUT2D eigenvalue weighted by Crippen LogP contribution is -2.44. The zero-order valence-corrected chi connectivity index (χ0v) is 10.1. The van der Waals surface area contributed by atoms with Crippen molar-refractivity contribution in [1.29, 1.82) is 0 Å². The van der Waals surface area contributed by atoms with Gasteiger partial charge < -0.3 is 14.7 Å². The molecule has 2 rings (SSSR count). The van der Waals surface area contributed by atoms with Crippen molar-refractivity contribution >= 4 is 11.5 Å². The molecule has 18 heavy (non-hydrogen) atoms. The molecule has 0 amide bonds. The third kappa shape index (κ3) is 2.57. The van der Waals surface area contributed by atoms with E-state index >= 15 is 0 Å². The van der Waals surface area contributed by atoms with Gasteiger partial charge in [-0.1, -0.05) is 0 Å². The molecule has 2 heterocycles. The normalized spacial score (nSPS) is 19.9. The predicted molar refractivity (Wildman–Crippen MR) is 64.7 cm³/mol. The molecule has 7 nitrogen and oxygen atoms in total. The van der Waals surface area contributed by atoms with E-state index in [1.54, 1.807) is 6.92 Å². The van der Waals surface area contributed by atoms with Crippen molar-refractivity contribution in [1.82, 2.24) is 4.98 Å². The van der Waals surface area contributed by atoms with Crippen molar-refractivity contribution < 1.29 is 14.8 Å². The number of morpholine rings is 1. The Morgan fingerprint density at radius 3 is 3.17 bits per heavy atom. The number of rotatable bonds is 3. The average Bonchev–Trinajstić information content (AvgIpc) is 2.39. The molecular weight excluding hydrogens is 238 g/mol. The first-order valence-electron chi connectivity index (χ1n) is 5.70. The molecule has 0 aliphatic carbocycles. The highest BCUT2D eigenvalue weighted by atomic mass is 16.6. The van der Waals surface area contributed by atoms with Crippen LogP contribution in [0.1, 0.15) is 5.56 Å². The third-order valence-electron chi connectivity index (χ3n) is 2.92. The van der Waals surface area contributed by atoms with E-state index in [4.69, 9.17) is 9.84 Å². The Hall–Kier alpha value is -1.73. The lowest BCUT2D eigenvalue weighted by molar-refractivity contribution is -0.385. The Labute approximate surface area is 104 Å². The summed E-state index contributed by atoms with van der Waals surface area (Å²) in [6.07, 6.45) is 1.23. The number of aryl methyl sites for hydroxylation is 1. The summed E-state index contributed by atoms with van der Waals surface area (Å²) < 4.78 is 5.33. The summed E-state index contributed by atoms with van der Waals surface area (Å²) >= 11 is 0. The Morgan fingerprint density at radius 2 is 2.50 bits per heavy atom. The quantitative estimate of drug-likeness (QED) is 0.623. The fourth-order valence-electron chi connectivity index (χ4n) is 1.91. The Morgan fingerprint density at radius 1 is 1.72 bits per heavy atom. The van der Waals surface area contributed by atoms with Gasteiger partial charge in [0.05, 0.1) is 30.3 Å². The summed E-state index contributed by atoms with van der Waals surface area (Å²) in [5.74, 6) is 0.550. The molecule has 1 fully saturated rings. The first-order valence-corrected chi connectivity index (χ1v) is 5.70. The summed E-state index contributed by atoms with van der Waals surface area (Å²) in [4.78, 5) is 16.5. The molecule has 0 aromatic carbocycles. The molecule has 7 heteroatoms. The largest absolute Gasteiger partial charge is 0.394 e. The highest BCUT2D eigenvalue weighted by Crippen LogP contribution is 2.23. The van der Waals surface area contributed by atoms with Crippen LogP contribution in [0.4, 0.5) is 11.5 Å². The van der Waals surface area contributed by atoms with E-state index in [2.05, 4.69) is 4.98 Å². The zero-order valence-electron chi connectivity index (χ0n) is 10.1. The first kappa shape index (κ1) is 12.7. The second kappa shape index (κ2) is 5.28. The highest BCUT2D eigenvalue weighted by molar-refractivity contribution is 5.50. The van der Waals surface area contributed by atoms with Gasteiger partial charge in [0.25, 0.3) is 5.69 Å². The van der Waals surface area contributed by atoms with Gasteiger partial charge in [0.15, 0.2) is 0 Å². The van der Waals surface area contributed by atoms with E-state index in [0.29, 0.717) is 31.1 Å². The molecule has 1 saturated heterocycles. The molecule has 1 aromatic rings. The standard InChI is InChI=1S/C11H15N3O4/c1-8-5-12-11(4-10(8)14(16)17)13-2-3-18-9(6-13)7-15/h4-5,9,15H,2-3,6-7H2,1H3. The number of hydrogen-bond donors (Lipinski definition) is 1. The van der Waals surface area contributed by atoms with Crippen LogP contribution < -0.4 is 4.90 Å². The molecule has 0 saturated carbocycles. The number of anilines is 1. The van der Waals surface area contributed by atoms with Crippen LogP contribution in [0, 0.1) is 17.0 Å². The van der Waals surface area contributed by atoms with E-state index < -0.39 is 4.92 Å². The second-order valence-electron chi connectivity index (χ2n) is 4.21. The minimum Gasteiger partial charge on any atom is -0.394 e. The summed E-state index contributed by atoms with van der Waals surface area (Å²) in [6, 6.07) is 1.47. The van der Waals surface area contributed by atoms with E-state index in [1.807, 2.05) is 4.90 Å². The average molecular weight is 253 g/mol. The van der Waals surface area contributed by atoms with Gasteiger partial charge in [-0.2, -0.15) is 0 Å². The maximum Gasteiger partial charge on any atom is 0.277 e. The van der Waals surface area contributed by atoms with Crippen LogP contribution in [0.15, 0.2) is 12.3 Å². The van der Waals surface area contributed by atoms with Gasteiger partial charge in [0.2, 0.25) is 0 Å². The topological polar surface area (TPSA) is 88.7 Å². The van der Waals surface area contributed by atoms with Gasteiger partial charge in [-0.3, -0.25) is 10.1 Å². The van der Waals surface area contributed by atoms with Gasteiger partial charge in [0.1, 0.15) is 5.82 Å². The third-order valence-corrected chi connectivity index (χ3v) is 2.92. The number of aliphatic hydroxyl groups excluding tert-OH is 1. The van der Waals surface area contributed by atoms with Crippen molar-refractivity contribution in [2.75, 3.05) is 31.2 Å². The molecule has 0 bridgehead atoms. The van der Waals surface area contributed by atoms with Gasteiger partial charge in [-0.05, 0) is 6.92 Å². The van der Waals surface area contributed by atoms with E-state index in [-0.39, 0.29) is 18.4 Å². The zero-order chi connectivity index (χ0) is 13.1. The molecule has 1 aliphatic rings. The predicted octanol–water partition coefficient (Wildman–Crippen LogP) is 0.496. The molecular formula is C11H15N3O4. The molecule has 1 aliphatic heterocycles. The number of aliphatic hydroxyl groups is 1. The fourth-order valence-corrected chi connectivity index (χ4v) is 1.91. The lowest BCUT2D eigenvalue weighted by atomic mass is 10.2. The van der Waals surface area contributed by atoms with Crippen LogP contribution >= 0.6 is 0 Å². The molecule has 0 spiro atoms. The van der Waals surface area contributed by atoms with Crippen molar-refractivity contribution in [2.45, 2.75) is 13.0 Å². The smallest absolute Gasteiger partial charge is 0.277 e. The Balaban J connectivity index is 2.22. The van der Waals surface area contributed by atoms with E-state index in [1.165, 1.54) is 12.3 Å². The summed E-state index contributed by atoms with van der Waals surface area (Å²) in [6.45, 7) is 3.18. The first-order chi connectivity index (χ1) is 8.61. The molecule has 1 unspecified atom stereocenters. The molecule has 98 valence electrons. The summed E-state index contributed by atoms with van der Waals surface area (Å²) in [5.41, 5.74) is 0.600. The van der Waals surface area contributed by atoms with Gasteiger partial charge in [-0.15, -0.1) is 0 Å². The van der Waals surface area contributed by atoms with Crippen LogP contribution in [0.5, 0.6) is 0 Å². The fraction of sp³-hybridized carbons (Fsp3) is 0.545. The summed E-state index contributed by atoms with van der Waals surface area (Å²) in [5, 5.41) is 19.9. The van der Waals surface area contributed by atoms with E-state index in [0.717, 1.165) is 0 Å². The van der Waals surface area contributed by atoms with Crippen LogP contribution in [-0.4, -0.2) is 47.4 Å². The SMILES string of the molecule is Cc1cnc(N2CCOC(CO)C2)cc1[N+](=O)[O-]. The van der Waals surface area contributed by atoms with Crippen LogP contribution in [-0.2, 0) is 4.74 Å². The molecule has 0 radical (unpaired) electrons. The van der Waals surface area contributed by atoms with Gasteiger partial charge in [0, 0.05) is 24.8 Å². The summed E-state index contributed by atoms with van der Waals surface area (Å²) in [7, 11) is 0. The number of pyridine rings is 1. The molecule has 1 N–H and O–H groups in total. The monoisotopic (exact) mass is 253 g/mol. The van der Waals surface area contributed by atoms with Crippen molar-refractivity contribution in [3.05, 3.63) is 27.9 Å². The number of nitrogens with zero attached hydrogens (tertiary/aromatic N) is 3. The van der Waals surface area contributed by atoms with Crippen molar-refractivity contribution in [2.24, 2.45) is 0 Å². The molecule has 1 atom stereocenters. The van der Waals surface area contributed by atoms with Crippen LogP contribution in [0.3, 0.4) is 0 Å². The molecule has 1 aromatic heterocycles. The van der Waals surface area contributed by atoms with Gasteiger partial charge in [-0.25, -0.2) is 4.98 Å². The highest BCUT2D eigenvalue weighted by Gasteiger charge is 2.22. The van der Waals surface area contributed by atoms with E-state index in [9.17, 15) is 10.1 Å². The Bertz CT molecular complexity index is 452. The number of nitro groups is 1. The number of hydrogen-bond acceptors (Lipinski definition) is 6. The van der Waals surface area contributed by atoms with Gasteiger partial charge >= 0.3 is 0 Å². The maximum absolute atomic E-state index is 10.9.